The van der Waals surface area contributed by atoms with Crippen LogP contribution < -0.4 is 5.32 Å². The zero-order valence-corrected chi connectivity index (χ0v) is 10.2. The molecule has 0 bridgehead atoms. The molecular formula is C14H21N. The van der Waals surface area contributed by atoms with Gasteiger partial charge in [-0.3, -0.25) is 0 Å². The van der Waals surface area contributed by atoms with Crippen LogP contribution in [0, 0.1) is 0 Å². The lowest BCUT2D eigenvalue weighted by Crippen LogP contribution is -2.09. The predicted molar refractivity (Wildman–Crippen MR) is 69.4 cm³/mol. The molecule has 0 radical (unpaired) electrons. The maximum absolute atomic E-state index is 3.98. The largest absolute Gasteiger partial charge is 0.362 e. The van der Waals surface area contributed by atoms with Gasteiger partial charge in [0.05, 0.1) is 0 Å². The standard InChI is InChI=1S/C14H21N/c1-7-10-13(11(4)5)14(15-9-3)12(6)8-2/h7-10,15H,3-4H2,1-2,5-6H3/b10-7-,12-8-,14-13+. The summed E-state index contributed by atoms with van der Waals surface area (Å²) in [5.74, 6) is 0. The van der Waals surface area contributed by atoms with Crippen LogP contribution in [0.25, 0.3) is 0 Å². The summed E-state index contributed by atoms with van der Waals surface area (Å²) in [4.78, 5) is 0. The molecule has 0 aromatic rings. The second-order valence-corrected chi connectivity index (χ2v) is 3.39. The number of nitrogens with one attached hydrogen (secondary N) is 1. The van der Waals surface area contributed by atoms with Crippen LogP contribution in [0.1, 0.15) is 27.7 Å². The summed E-state index contributed by atoms with van der Waals surface area (Å²) < 4.78 is 0. The van der Waals surface area contributed by atoms with Crippen molar-refractivity contribution in [1.29, 1.82) is 0 Å². The van der Waals surface area contributed by atoms with Gasteiger partial charge in [-0.05, 0) is 45.0 Å². The molecule has 82 valence electrons. The zero-order valence-electron chi connectivity index (χ0n) is 10.2. The molecule has 1 heteroatoms. The summed E-state index contributed by atoms with van der Waals surface area (Å²) in [5.41, 5.74) is 4.41. The monoisotopic (exact) mass is 203 g/mol. The molecule has 0 unspecified atom stereocenters. The molecule has 0 rings (SSSR count). The summed E-state index contributed by atoms with van der Waals surface area (Å²) in [6, 6.07) is 0. The normalized spacial score (nSPS) is 13.7. The summed E-state index contributed by atoms with van der Waals surface area (Å²) in [7, 11) is 0. The second-order valence-electron chi connectivity index (χ2n) is 3.39. The third-order valence-corrected chi connectivity index (χ3v) is 2.14. The Bertz CT molecular complexity index is 327. The van der Waals surface area contributed by atoms with Crippen molar-refractivity contribution in [3.05, 3.63) is 60.0 Å². The molecule has 0 saturated carbocycles. The molecule has 0 aliphatic heterocycles. The maximum Gasteiger partial charge on any atom is 0.0481 e. The molecule has 1 nitrogen and oxygen atoms in total. The highest BCUT2D eigenvalue weighted by Crippen LogP contribution is 2.19. The van der Waals surface area contributed by atoms with Crippen LogP contribution in [0.5, 0.6) is 0 Å². The fourth-order valence-electron chi connectivity index (χ4n) is 1.26. The third-order valence-electron chi connectivity index (χ3n) is 2.14. The smallest absolute Gasteiger partial charge is 0.0481 e. The molecule has 0 spiro atoms. The summed E-state index contributed by atoms with van der Waals surface area (Å²) >= 11 is 0. The average molecular weight is 203 g/mol. The first-order chi connectivity index (χ1) is 7.08. The Kier molecular flexibility index (Phi) is 6.19. The van der Waals surface area contributed by atoms with E-state index in [1.807, 2.05) is 26.8 Å². The van der Waals surface area contributed by atoms with Crippen molar-refractivity contribution >= 4 is 0 Å². The Labute approximate surface area is 93.6 Å². The van der Waals surface area contributed by atoms with Crippen molar-refractivity contribution in [1.82, 2.24) is 5.32 Å². The zero-order chi connectivity index (χ0) is 11.8. The lowest BCUT2D eigenvalue weighted by atomic mass is 10.0. The van der Waals surface area contributed by atoms with Gasteiger partial charge in [0.2, 0.25) is 0 Å². The van der Waals surface area contributed by atoms with Gasteiger partial charge in [0, 0.05) is 11.3 Å². The first-order valence-corrected chi connectivity index (χ1v) is 5.12. The number of allylic oxidation sites excluding steroid dienone is 6. The Hall–Kier alpha value is -1.50. The Balaban J connectivity index is 5.53. The van der Waals surface area contributed by atoms with Crippen LogP contribution in [-0.4, -0.2) is 0 Å². The van der Waals surface area contributed by atoms with E-state index in [2.05, 4.69) is 37.6 Å². The summed E-state index contributed by atoms with van der Waals surface area (Å²) in [5, 5.41) is 3.16. The van der Waals surface area contributed by atoms with Crippen LogP contribution in [0.4, 0.5) is 0 Å². The molecule has 0 amide bonds. The van der Waals surface area contributed by atoms with Crippen LogP contribution in [-0.2, 0) is 0 Å². The van der Waals surface area contributed by atoms with Gasteiger partial charge in [-0.25, -0.2) is 0 Å². The molecule has 0 saturated heterocycles. The minimum absolute atomic E-state index is 1.04. The molecule has 0 aromatic heterocycles. The maximum atomic E-state index is 3.98. The van der Waals surface area contributed by atoms with Gasteiger partial charge >= 0.3 is 0 Å². The third kappa shape index (κ3) is 4.03. The second kappa shape index (κ2) is 6.88. The lowest BCUT2D eigenvalue weighted by molar-refractivity contribution is 1.04. The van der Waals surface area contributed by atoms with E-state index >= 15 is 0 Å². The predicted octanol–water partition coefficient (Wildman–Crippen LogP) is 4.09. The van der Waals surface area contributed by atoms with Crippen molar-refractivity contribution < 1.29 is 0 Å². The fraction of sp³-hybridized carbons (Fsp3) is 0.286. The molecule has 15 heavy (non-hydrogen) atoms. The van der Waals surface area contributed by atoms with Crippen molar-refractivity contribution in [3.8, 4) is 0 Å². The van der Waals surface area contributed by atoms with E-state index in [-0.39, 0.29) is 0 Å². The van der Waals surface area contributed by atoms with Crippen molar-refractivity contribution in [3.63, 3.8) is 0 Å². The van der Waals surface area contributed by atoms with E-state index in [1.165, 1.54) is 5.57 Å². The van der Waals surface area contributed by atoms with Crippen molar-refractivity contribution in [2.75, 3.05) is 0 Å². The van der Waals surface area contributed by atoms with E-state index in [4.69, 9.17) is 0 Å². The van der Waals surface area contributed by atoms with Gasteiger partial charge in [-0.1, -0.05) is 31.4 Å². The topological polar surface area (TPSA) is 12.0 Å². The van der Waals surface area contributed by atoms with Crippen LogP contribution in [0.15, 0.2) is 60.0 Å². The first kappa shape index (κ1) is 13.5. The summed E-state index contributed by atoms with van der Waals surface area (Å²) in [6.45, 7) is 15.8. The fourth-order valence-corrected chi connectivity index (χ4v) is 1.26. The highest BCUT2D eigenvalue weighted by atomic mass is 14.9. The highest BCUT2D eigenvalue weighted by molar-refractivity contribution is 5.47. The van der Waals surface area contributed by atoms with E-state index < -0.39 is 0 Å². The van der Waals surface area contributed by atoms with Gasteiger partial charge in [-0.15, -0.1) is 0 Å². The van der Waals surface area contributed by atoms with Crippen LogP contribution >= 0.6 is 0 Å². The van der Waals surface area contributed by atoms with Gasteiger partial charge < -0.3 is 5.32 Å². The molecule has 0 heterocycles. The van der Waals surface area contributed by atoms with Crippen molar-refractivity contribution in [2.45, 2.75) is 27.7 Å². The van der Waals surface area contributed by atoms with Gasteiger partial charge in [0.15, 0.2) is 0 Å². The molecule has 0 aliphatic carbocycles. The van der Waals surface area contributed by atoms with E-state index in [1.54, 1.807) is 6.20 Å². The van der Waals surface area contributed by atoms with E-state index in [0.717, 1.165) is 16.8 Å². The molecule has 1 N–H and O–H groups in total. The first-order valence-electron chi connectivity index (χ1n) is 5.12. The van der Waals surface area contributed by atoms with E-state index in [0.29, 0.717) is 0 Å². The Morgan fingerprint density at radius 2 is 1.80 bits per heavy atom. The highest BCUT2D eigenvalue weighted by Gasteiger charge is 2.04. The minimum atomic E-state index is 1.04. The number of rotatable bonds is 5. The van der Waals surface area contributed by atoms with Gasteiger partial charge in [-0.2, -0.15) is 0 Å². The molecule has 0 aromatic carbocycles. The average Bonchev–Trinajstić information content (AvgIpc) is 2.21. The minimum Gasteiger partial charge on any atom is -0.362 e. The quantitative estimate of drug-likeness (QED) is 0.663. The lowest BCUT2D eigenvalue weighted by Gasteiger charge is -2.13. The Morgan fingerprint density at radius 1 is 1.20 bits per heavy atom. The Morgan fingerprint density at radius 3 is 2.13 bits per heavy atom. The van der Waals surface area contributed by atoms with Crippen LogP contribution in [0.2, 0.25) is 0 Å². The van der Waals surface area contributed by atoms with Gasteiger partial charge in [0.25, 0.3) is 0 Å². The van der Waals surface area contributed by atoms with Crippen LogP contribution in [0.3, 0.4) is 0 Å². The molecule has 0 aliphatic rings. The summed E-state index contributed by atoms with van der Waals surface area (Å²) in [6.07, 6.45) is 7.83. The molecular weight excluding hydrogens is 182 g/mol. The van der Waals surface area contributed by atoms with E-state index in [9.17, 15) is 0 Å². The SMILES string of the molecule is C=CNC(/C(C)=C\C)=C(\C=C/C)C(=C)C. The van der Waals surface area contributed by atoms with Crippen molar-refractivity contribution in [2.24, 2.45) is 0 Å². The molecule has 0 fully saturated rings. The van der Waals surface area contributed by atoms with Gasteiger partial charge in [0.1, 0.15) is 0 Å². The number of hydrogen-bond donors (Lipinski definition) is 1. The number of hydrogen-bond acceptors (Lipinski definition) is 1. The molecule has 0 atom stereocenters.